The number of rotatable bonds is 4. The van der Waals surface area contributed by atoms with Gasteiger partial charge in [0, 0.05) is 11.6 Å². The molecule has 0 radical (unpaired) electrons. The predicted molar refractivity (Wildman–Crippen MR) is 97.5 cm³/mol. The lowest BCUT2D eigenvalue weighted by Crippen LogP contribution is -2.51. The van der Waals surface area contributed by atoms with Crippen LogP contribution in [0.5, 0.6) is 0 Å². The van der Waals surface area contributed by atoms with Gasteiger partial charge in [0.05, 0.1) is 6.54 Å². The minimum atomic E-state index is -0.359. The Kier molecular flexibility index (Phi) is 6.54. The zero-order chi connectivity index (χ0) is 17.5. The Balaban J connectivity index is 1.69. The predicted octanol–water partition coefficient (Wildman–Crippen LogP) is 1.47. The Labute approximate surface area is 147 Å². The van der Waals surface area contributed by atoms with Gasteiger partial charge in [-0.05, 0) is 62.2 Å². The number of aryl methyl sites for hydroxylation is 2. The standard InChI is InChI=1S/C17H24N4O2S/c1-11-7-8-13(9-12(11)2)16(23)18-10-15(22)20-21-17(24)19-14-5-3-4-6-14/h7-9,14H,3-6,10H2,1-2H3,(H,18,23)(H,20,22)(H2,19,21,24). The molecule has 1 aromatic carbocycles. The van der Waals surface area contributed by atoms with E-state index >= 15 is 0 Å². The van der Waals surface area contributed by atoms with Gasteiger partial charge in [0.2, 0.25) is 0 Å². The van der Waals surface area contributed by atoms with Crippen LogP contribution in [0, 0.1) is 13.8 Å². The van der Waals surface area contributed by atoms with Gasteiger partial charge in [-0.25, -0.2) is 0 Å². The average Bonchev–Trinajstić information content (AvgIpc) is 3.06. The van der Waals surface area contributed by atoms with Gasteiger partial charge in [0.15, 0.2) is 5.11 Å². The van der Waals surface area contributed by atoms with Gasteiger partial charge in [0.1, 0.15) is 0 Å². The van der Waals surface area contributed by atoms with Crippen molar-refractivity contribution >= 4 is 29.1 Å². The van der Waals surface area contributed by atoms with E-state index in [4.69, 9.17) is 12.2 Å². The summed E-state index contributed by atoms with van der Waals surface area (Å²) >= 11 is 5.12. The first-order chi connectivity index (χ1) is 11.5. The third-order valence-corrected chi connectivity index (χ3v) is 4.40. The molecule has 2 rings (SSSR count). The summed E-state index contributed by atoms with van der Waals surface area (Å²) in [6.45, 7) is 3.81. The molecule has 0 aromatic heterocycles. The summed E-state index contributed by atoms with van der Waals surface area (Å²) in [5.74, 6) is -0.636. The van der Waals surface area contributed by atoms with Gasteiger partial charge in [-0.1, -0.05) is 18.9 Å². The van der Waals surface area contributed by atoms with E-state index in [9.17, 15) is 9.59 Å². The van der Waals surface area contributed by atoms with Crippen LogP contribution >= 0.6 is 12.2 Å². The molecule has 2 amide bonds. The second-order valence-electron chi connectivity index (χ2n) is 6.11. The number of amides is 2. The van der Waals surface area contributed by atoms with Crippen LogP contribution in [0.3, 0.4) is 0 Å². The van der Waals surface area contributed by atoms with Crippen molar-refractivity contribution in [3.63, 3.8) is 0 Å². The van der Waals surface area contributed by atoms with Crippen molar-refractivity contribution in [1.82, 2.24) is 21.5 Å². The second-order valence-corrected chi connectivity index (χ2v) is 6.52. The fourth-order valence-electron chi connectivity index (χ4n) is 2.61. The number of nitrogens with one attached hydrogen (secondary N) is 4. The first kappa shape index (κ1) is 18.2. The molecule has 0 atom stereocenters. The highest BCUT2D eigenvalue weighted by molar-refractivity contribution is 7.80. The number of hydrogen-bond donors (Lipinski definition) is 4. The topological polar surface area (TPSA) is 82.3 Å². The van der Waals surface area contributed by atoms with E-state index in [1.54, 1.807) is 6.07 Å². The van der Waals surface area contributed by atoms with E-state index in [1.807, 2.05) is 26.0 Å². The lowest BCUT2D eigenvalue weighted by atomic mass is 10.1. The molecule has 0 spiro atoms. The monoisotopic (exact) mass is 348 g/mol. The molecule has 130 valence electrons. The number of carbonyl (C=O) groups excluding carboxylic acids is 2. The maximum absolute atomic E-state index is 12.0. The number of benzene rings is 1. The van der Waals surface area contributed by atoms with Gasteiger partial charge in [0.25, 0.3) is 11.8 Å². The molecule has 1 aromatic rings. The molecule has 24 heavy (non-hydrogen) atoms. The Hall–Kier alpha value is -2.15. The molecule has 0 unspecified atom stereocenters. The van der Waals surface area contributed by atoms with Crippen LogP contribution in [0.15, 0.2) is 18.2 Å². The number of carbonyl (C=O) groups is 2. The molecule has 1 saturated carbocycles. The summed E-state index contributed by atoms with van der Waals surface area (Å²) in [5.41, 5.74) is 7.84. The van der Waals surface area contributed by atoms with Gasteiger partial charge in [-0.3, -0.25) is 20.4 Å². The molecule has 1 fully saturated rings. The van der Waals surface area contributed by atoms with Crippen molar-refractivity contribution < 1.29 is 9.59 Å². The van der Waals surface area contributed by atoms with E-state index in [0.29, 0.717) is 16.7 Å². The van der Waals surface area contributed by atoms with Crippen LogP contribution in [-0.4, -0.2) is 29.5 Å². The molecule has 0 bridgehead atoms. The SMILES string of the molecule is Cc1ccc(C(=O)NCC(=O)NNC(=S)NC2CCCC2)cc1C. The highest BCUT2D eigenvalue weighted by Gasteiger charge is 2.15. The second kappa shape index (κ2) is 8.63. The Morgan fingerprint density at radius 1 is 1.12 bits per heavy atom. The summed E-state index contributed by atoms with van der Waals surface area (Å²) in [4.78, 5) is 23.8. The first-order valence-electron chi connectivity index (χ1n) is 8.16. The van der Waals surface area contributed by atoms with Crippen LogP contribution in [0.4, 0.5) is 0 Å². The van der Waals surface area contributed by atoms with E-state index in [-0.39, 0.29) is 18.4 Å². The Morgan fingerprint density at radius 2 is 1.83 bits per heavy atom. The molecule has 1 aliphatic carbocycles. The van der Waals surface area contributed by atoms with Crippen molar-refractivity contribution in [2.75, 3.05) is 6.54 Å². The number of hydrazine groups is 1. The summed E-state index contributed by atoms with van der Waals surface area (Å²) in [6.07, 6.45) is 4.61. The largest absolute Gasteiger partial charge is 0.359 e. The number of thiocarbonyl (C=S) groups is 1. The maximum Gasteiger partial charge on any atom is 0.257 e. The van der Waals surface area contributed by atoms with Gasteiger partial charge in [-0.2, -0.15) is 0 Å². The molecular weight excluding hydrogens is 324 g/mol. The van der Waals surface area contributed by atoms with Crippen molar-refractivity contribution in [2.45, 2.75) is 45.6 Å². The molecule has 0 aliphatic heterocycles. The lowest BCUT2D eigenvalue weighted by molar-refractivity contribution is -0.120. The smallest absolute Gasteiger partial charge is 0.257 e. The maximum atomic E-state index is 12.0. The third-order valence-electron chi connectivity index (χ3n) is 4.18. The van der Waals surface area contributed by atoms with Crippen molar-refractivity contribution in [3.05, 3.63) is 34.9 Å². The van der Waals surface area contributed by atoms with Crippen LogP contribution in [-0.2, 0) is 4.79 Å². The van der Waals surface area contributed by atoms with E-state index in [0.717, 1.165) is 24.0 Å². The fraction of sp³-hybridized carbons (Fsp3) is 0.471. The molecule has 6 nitrogen and oxygen atoms in total. The molecule has 7 heteroatoms. The minimum absolute atomic E-state index is 0.120. The minimum Gasteiger partial charge on any atom is -0.359 e. The highest BCUT2D eigenvalue weighted by atomic mass is 32.1. The quantitative estimate of drug-likeness (QED) is 0.489. The van der Waals surface area contributed by atoms with E-state index in [1.165, 1.54) is 12.8 Å². The molecular formula is C17H24N4O2S. The van der Waals surface area contributed by atoms with Gasteiger partial charge < -0.3 is 10.6 Å². The average molecular weight is 348 g/mol. The van der Waals surface area contributed by atoms with E-state index < -0.39 is 0 Å². The van der Waals surface area contributed by atoms with Crippen molar-refractivity contribution in [1.29, 1.82) is 0 Å². The Morgan fingerprint density at radius 3 is 2.50 bits per heavy atom. The molecule has 4 N–H and O–H groups in total. The van der Waals surface area contributed by atoms with Gasteiger partial charge >= 0.3 is 0 Å². The molecule has 0 saturated heterocycles. The highest BCUT2D eigenvalue weighted by Crippen LogP contribution is 2.17. The van der Waals surface area contributed by atoms with Crippen LogP contribution in [0.2, 0.25) is 0 Å². The van der Waals surface area contributed by atoms with E-state index in [2.05, 4.69) is 21.5 Å². The van der Waals surface area contributed by atoms with Crippen LogP contribution < -0.4 is 21.5 Å². The molecule has 0 heterocycles. The summed E-state index contributed by atoms with van der Waals surface area (Å²) in [6, 6.07) is 5.82. The summed E-state index contributed by atoms with van der Waals surface area (Å²) < 4.78 is 0. The summed E-state index contributed by atoms with van der Waals surface area (Å²) in [5, 5.41) is 6.14. The lowest BCUT2D eigenvalue weighted by Gasteiger charge is -2.16. The zero-order valence-corrected chi connectivity index (χ0v) is 14.9. The molecule has 1 aliphatic rings. The van der Waals surface area contributed by atoms with Gasteiger partial charge in [-0.15, -0.1) is 0 Å². The fourth-order valence-corrected chi connectivity index (χ4v) is 2.83. The first-order valence-corrected chi connectivity index (χ1v) is 8.57. The Bertz CT molecular complexity index is 627. The summed E-state index contributed by atoms with van der Waals surface area (Å²) in [7, 11) is 0. The third kappa shape index (κ3) is 5.49. The van der Waals surface area contributed by atoms with Crippen molar-refractivity contribution in [2.24, 2.45) is 0 Å². The normalized spacial score (nSPS) is 14.1. The van der Waals surface area contributed by atoms with Crippen molar-refractivity contribution in [3.8, 4) is 0 Å². The zero-order valence-electron chi connectivity index (χ0n) is 14.1. The van der Waals surface area contributed by atoms with Crippen LogP contribution in [0.25, 0.3) is 0 Å². The number of hydrogen-bond acceptors (Lipinski definition) is 3. The van der Waals surface area contributed by atoms with Crippen LogP contribution in [0.1, 0.15) is 47.2 Å².